The molecule has 0 saturated carbocycles. The summed E-state index contributed by atoms with van der Waals surface area (Å²) in [5.74, 6) is 0.878. The number of hydrogen-bond donors (Lipinski definition) is 2. The van der Waals surface area contributed by atoms with Gasteiger partial charge in [-0.3, -0.25) is 13.9 Å². The molecule has 0 saturated heterocycles. The van der Waals surface area contributed by atoms with Crippen LogP contribution in [0.15, 0.2) is 34.2 Å². The number of thioether (sulfide) groups is 1. The van der Waals surface area contributed by atoms with Gasteiger partial charge in [-0.25, -0.2) is 9.89 Å². The third-order valence-electron chi connectivity index (χ3n) is 4.92. The average molecular weight is 441 g/mol. The summed E-state index contributed by atoms with van der Waals surface area (Å²) < 4.78 is 8.57. The topological polar surface area (TPSA) is 118 Å². The number of nitrogens with zero attached hydrogens (tertiary/aromatic N) is 4. The van der Waals surface area contributed by atoms with Crippen molar-refractivity contribution < 1.29 is 9.53 Å². The van der Waals surface area contributed by atoms with E-state index in [1.807, 2.05) is 49.6 Å². The molecule has 162 valence electrons. The van der Waals surface area contributed by atoms with E-state index in [1.165, 1.54) is 16.3 Å². The summed E-state index contributed by atoms with van der Waals surface area (Å²) in [5, 5.41) is 19.4. The van der Waals surface area contributed by atoms with E-state index in [0.29, 0.717) is 28.8 Å². The van der Waals surface area contributed by atoms with Crippen LogP contribution in [0, 0.1) is 25.2 Å². The molecular formula is C21H24N6O3S. The number of nitrogens with one attached hydrogen (secondary N) is 2. The highest BCUT2D eigenvalue weighted by Crippen LogP contribution is 2.31. The van der Waals surface area contributed by atoms with Crippen molar-refractivity contribution in [3.63, 3.8) is 0 Å². The van der Waals surface area contributed by atoms with E-state index < -0.39 is 0 Å². The number of methoxy groups -OCH3 is 1. The van der Waals surface area contributed by atoms with E-state index in [4.69, 9.17) is 4.74 Å². The summed E-state index contributed by atoms with van der Waals surface area (Å²) in [4.78, 5) is 24.6. The number of hydrogen-bond acceptors (Lipinski definition) is 6. The fourth-order valence-corrected chi connectivity index (χ4v) is 4.02. The first kappa shape index (κ1) is 22.2. The molecule has 0 fully saturated rings. The third-order valence-corrected chi connectivity index (χ3v) is 5.89. The second kappa shape index (κ2) is 9.57. The summed E-state index contributed by atoms with van der Waals surface area (Å²) in [7, 11) is 1.59. The quantitative estimate of drug-likeness (QED) is 0.520. The summed E-state index contributed by atoms with van der Waals surface area (Å²) in [6, 6.07) is 9.57. The molecule has 3 aromatic rings. The molecule has 0 radical (unpaired) electrons. The number of aromatic nitrogens is 4. The highest BCUT2D eigenvalue weighted by Gasteiger charge is 2.21. The average Bonchev–Trinajstić information content (AvgIpc) is 3.23. The van der Waals surface area contributed by atoms with E-state index in [0.717, 1.165) is 23.4 Å². The summed E-state index contributed by atoms with van der Waals surface area (Å²) >= 11 is 1.17. The van der Waals surface area contributed by atoms with E-state index >= 15 is 0 Å². The molecule has 1 aromatic carbocycles. The van der Waals surface area contributed by atoms with Crippen molar-refractivity contribution in [1.82, 2.24) is 19.3 Å². The number of benzene rings is 1. The maximum atomic E-state index is 12.7. The van der Waals surface area contributed by atoms with Crippen molar-refractivity contribution >= 4 is 23.5 Å². The normalized spacial score (nSPS) is 10.7. The van der Waals surface area contributed by atoms with Gasteiger partial charge in [-0.05, 0) is 50.1 Å². The van der Waals surface area contributed by atoms with Crippen LogP contribution in [0.1, 0.15) is 30.2 Å². The molecule has 0 spiro atoms. The van der Waals surface area contributed by atoms with Crippen LogP contribution in [-0.2, 0) is 11.3 Å². The van der Waals surface area contributed by atoms with Crippen molar-refractivity contribution in [2.45, 2.75) is 38.9 Å². The first-order chi connectivity index (χ1) is 14.9. The molecule has 0 aliphatic heterocycles. The number of rotatable bonds is 8. The first-order valence-electron chi connectivity index (χ1n) is 9.75. The minimum Gasteiger partial charge on any atom is -0.497 e. The van der Waals surface area contributed by atoms with Crippen LogP contribution in [0.2, 0.25) is 0 Å². The van der Waals surface area contributed by atoms with Gasteiger partial charge in [-0.2, -0.15) is 5.26 Å². The van der Waals surface area contributed by atoms with Gasteiger partial charge in [0, 0.05) is 17.9 Å². The Labute approximate surface area is 184 Å². The van der Waals surface area contributed by atoms with E-state index in [9.17, 15) is 14.9 Å². The summed E-state index contributed by atoms with van der Waals surface area (Å²) in [6.07, 6.45) is 0.776. The van der Waals surface area contributed by atoms with Crippen LogP contribution in [0.3, 0.4) is 0 Å². The zero-order valence-electron chi connectivity index (χ0n) is 17.9. The minimum absolute atomic E-state index is 0.0464. The third kappa shape index (κ3) is 4.51. The van der Waals surface area contributed by atoms with Crippen molar-refractivity contribution in [2.75, 3.05) is 18.2 Å². The molecule has 0 unspecified atom stereocenters. The van der Waals surface area contributed by atoms with Gasteiger partial charge in [-0.15, -0.1) is 5.10 Å². The monoisotopic (exact) mass is 440 g/mol. The molecule has 1 amide bonds. The van der Waals surface area contributed by atoms with E-state index in [1.54, 1.807) is 7.11 Å². The first-order valence-corrected chi connectivity index (χ1v) is 10.7. The Morgan fingerprint density at radius 3 is 2.65 bits per heavy atom. The smallest absolute Gasteiger partial charge is 0.343 e. The fourth-order valence-electron chi connectivity index (χ4n) is 3.25. The van der Waals surface area contributed by atoms with Crippen LogP contribution < -0.4 is 15.7 Å². The van der Waals surface area contributed by atoms with Gasteiger partial charge >= 0.3 is 5.69 Å². The van der Waals surface area contributed by atoms with E-state index in [-0.39, 0.29) is 17.3 Å². The number of carbonyl (C=O) groups excluding carboxylic acids is 1. The predicted octanol–water partition coefficient (Wildman–Crippen LogP) is 3.00. The molecular weight excluding hydrogens is 416 g/mol. The Morgan fingerprint density at radius 2 is 2.03 bits per heavy atom. The molecule has 9 nitrogen and oxygen atoms in total. The number of ether oxygens (including phenoxy) is 1. The SMILES string of the molecule is CCCn1c(SCC(=O)Nc2c(C#N)c(C)c(C)n2-c2ccc(OC)cc2)n[nH]c1=O. The number of amides is 1. The molecule has 0 atom stereocenters. The summed E-state index contributed by atoms with van der Waals surface area (Å²) in [5.41, 5.74) is 2.57. The molecule has 3 rings (SSSR count). The Morgan fingerprint density at radius 1 is 1.32 bits per heavy atom. The van der Waals surface area contributed by atoms with Gasteiger partial charge < -0.3 is 10.1 Å². The van der Waals surface area contributed by atoms with Gasteiger partial charge in [0.15, 0.2) is 5.16 Å². The Bertz CT molecular complexity index is 1180. The molecule has 10 heteroatoms. The molecule has 2 aromatic heterocycles. The highest BCUT2D eigenvalue weighted by molar-refractivity contribution is 7.99. The van der Waals surface area contributed by atoms with Crippen LogP contribution in [0.4, 0.5) is 5.82 Å². The van der Waals surface area contributed by atoms with Crippen molar-refractivity contribution in [3.8, 4) is 17.5 Å². The van der Waals surface area contributed by atoms with E-state index in [2.05, 4.69) is 21.6 Å². The number of aromatic amines is 1. The lowest BCUT2D eigenvalue weighted by Crippen LogP contribution is -2.20. The molecule has 0 bridgehead atoms. The lowest BCUT2D eigenvalue weighted by Gasteiger charge is -2.13. The lowest BCUT2D eigenvalue weighted by molar-refractivity contribution is -0.113. The Kier molecular flexibility index (Phi) is 6.87. The maximum absolute atomic E-state index is 12.7. The predicted molar refractivity (Wildman–Crippen MR) is 119 cm³/mol. The fraction of sp³-hybridized carbons (Fsp3) is 0.333. The standard InChI is InChI=1S/C21H24N6O3S/c1-5-10-26-20(29)24-25-21(26)31-12-18(28)23-19-17(11-22)13(2)14(3)27(19)15-6-8-16(30-4)9-7-15/h6-9H,5,10,12H2,1-4H3,(H,23,28)(H,24,29). The second-order valence-electron chi connectivity index (χ2n) is 6.88. The minimum atomic E-state index is -0.299. The summed E-state index contributed by atoms with van der Waals surface area (Å²) in [6.45, 7) is 6.24. The Hall–Kier alpha value is -3.45. The zero-order chi connectivity index (χ0) is 22.5. The van der Waals surface area contributed by atoms with Gasteiger partial charge in [0.1, 0.15) is 17.6 Å². The van der Waals surface area contributed by atoms with Crippen LogP contribution in [0.25, 0.3) is 5.69 Å². The molecule has 0 aliphatic carbocycles. The van der Waals surface area contributed by atoms with Gasteiger partial charge in [0.05, 0.1) is 18.4 Å². The van der Waals surface area contributed by atoms with Gasteiger partial charge in [0.2, 0.25) is 5.91 Å². The van der Waals surface area contributed by atoms with Crippen molar-refractivity contribution in [3.05, 3.63) is 51.6 Å². The lowest BCUT2D eigenvalue weighted by atomic mass is 10.2. The number of nitriles is 1. The molecule has 31 heavy (non-hydrogen) atoms. The molecule has 2 N–H and O–H groups in total. The van der Waals surface area contributed by atoms with Crippen molar-refractivity contribution in [2.24, 2.45) is 0 Å². The van der Waals surface area contributed by atoms with Gasteiger partial charge in [-0.1, -0.05) is 18.7 Å². The maximum Gasteiger partial charge on any atom is 0.343 e. The van der Waals surface area contributed by atoms with Crippen molar-refractivity contribution in [1.29, 1.82) is 5.26 Å². The number of anilines is 1. The molecule has 0 aliphatic rings. The number of H-pyrrole nitrogens is 1. The largest absolute Gasteiger partial charge is 0.497 e. The highest BCUT2D eigenvalue weighted by atomic mass is 32.2. The van der Waals surface area contributed by atoms with Crippen LogP contribution >= 0.6 is 11.8 Å². The van der Waals surface area contributed by atoms with Crippen LogP contribution in [-0.4, -0.2) is 38.1 Å². The second-order valence-corrected chi connectivity index (χ2v) is 7.82. The zero-order valence-corrected chi connectivity index (χ0v) is 18.7. The van der Waals surface area contributed by atoms with Crippen LogP contribution in [0.5, 0.6) is 5.75 Å². The number of carbonyl (C=O) groups is 1. The van der Waals surface area contributed by atoms with Gasteiger partial charge in [0.25, 0.3) is 0 Å². The molecule has 2 heterocycles. The Balaban J connectivity index is 1.86.